The molecule has 4 nitrogen and oxygen atoms in total. The zero-order chi connectivity index (χ0) is 16.4. The predicted molar refractivity (Wildman–Crippen MR) is 78.5 cm³/mol. The number of hydrogen-bond donors (Lipinski definition) is 2. The Hall–Kier alpha value is -1.76. The largest absolute Gasteiger partial charge is 0.573 e. The van der Waals surface area contributed by atoms with Gasteiger partial charge in [-0.2, -0.15) is 0 Å². The van der Waals surface area contributed by atoms with Gasteiger partial charge in [-0.05, 0) is 62.4 Å². The minimum absolute atomic E-state index is 0.0630. The maximum atomic E-state index is 12.7. The van der Waals surface area contributed by atoms with Crippen molar-refractivity contribution in [2.45, 2.75) is 44.0 Å². The van der Waals surface area contributed by atoms with Gasteiger partial charge in [-0.1, -0.05) is 6.07 Å². The van der Waals surface area contributed by atoms with Gasteiger partial charge in [-0.25, -0.2) is 0 Å². The lowest BCUT2D eigenvalue weighted by Gasteiger charge is -2.24. The number of amides is 1. The third-order valence-electron chi connectivity index (χ3n) is 4.20. The Labute approximate surface area is 132 Å². The van der Waals surface area contributed by atoms with E-state index in [4.69, 9.17) is 0 Å². The average molecular weight is 328 g/mol. The maximum Gasteiger partial charge on any atom is 0.573 e. The topological polar surface area (TPSA) is 50.4 Å². The molecule has 23 heavy (non-hydrogen) atoms. The fraction of sp³-hybridized carbons (Fsp3) is 0.562. The number of alkyl halides is 3. The van der Waals surface area contributed by atoms with E-state index >= 15 is 0 Å². The van der Waals surface area contributed by atoms with Crippen LogP contribution < -0.4 is 15.4 Å². The highest BCUT2D eigenvalue weighted by atomic mass is 19.4. The van der Waals surface area contributed by atoms with E-state index in [1.165, 1.54) is 12.1 Å². The third-order valence-corrected chi connectivity index (χ3v) is 4.20. The molecule has 1 aromatic carbocycles. The first-order valence-corrected chi connectivity index (χ1v) is 7.83. The van der Waals surface area contributed by atoms with Crippen molar-refractivity contribution in [1.82, 2.24) is 10.6 Å². The van der Waals surface area contributed by atoms with Gasteiger partial charge >= 0.3 is 6.36 Å². The van der Waals surface area contributed by atoms with Crippen molar-refractivity contribution in [2.75, 3.05) is 13.1 Å². The van der Waals surface area contributed by atoms with E-state index in [0.717, 1.165) is 44.3 Å². The lowest BCUT2D eigenvalue weighted by atomic mass is 9.89. The van der Waals surface area contributed by atoms with Gasteiger partial charge in [0, 0.05) is 6.04 Å². The highest BCUT2D eigenvalue weighted by Crippen LogP contribution is 2.33. The second-order valence-corrected chi connectivity index (χ2v) is 6.08. The molecule has 1 aliphatic carbocycles. The van der Waals surface area contributed by atoms with Gasteiger partial charge in [0.15, 0.2) is 0 Å². The Morgan fingerprint density at radius 2 is 1.87 bits per heavy atom. The number of carbonyl (C=O) groups is 1. The molecule has 0 spiro atoms. The molecule has 1 amide bonds. The normalized spacial score (nSPS) is 19.4. The molecule has 1 aliphatic heterocycles. The van der Waals surface area contributed by atoms with Crippen LogP contribution in [0.25, 0.3) is 0 Å². The molecule has 0 radical (unpaired) electrons. The van der Waals surface area contributed by atoms with Crippen LogP contribution in [0.15, 0.2) is 18.2 Å². The zero-order valence-corrected chi connectivity index (χ0v) is 12.6. The number of hydrogen-bond acceptors (Lipinski definition) is 3. The number of piperidine rings is 1. The van der Waals surface area contributed by atoms with Crippen LogP contribution in [0.3, 0.4) is 0 Å². The van der Waals surface area contributed by atoms with Crippen LogP contribution in [0.4, 0.5) is 13.2 Å². The van der Waals surface area contributed by atoms with Crippen LogP contribution in [0.2, 0.25) is 0 Å². The van der Waals surface area contributed by atoms with Gasteiger partial charge in [0.1, 0.15) is 5.75 Å². The van der Waals surface area contributed by atoms with Crippen molar-refractivity contribution in [2.24, 2.45) is 0 Å². The van der Waals surface area contributed by atoms with E-state index in [1.54, 1.807) is 6.07 Å². The Kier molecular flexibility index (Phi) is 4.48. The molecule has 3 rings (SSSR count). The first-order valence-electron chi connectivity index (χ1n) is 7.83. The standard InChI is InChI=1S/C16H19F3N2O2/c17-16(18,19)23-14-9-11(10-5-7-20-8-6-10)1-4-13(14)15(22)21-12-2-3-12/h1,4,9-10,12,20H,2-3,5-8H2,(H,21,22). The molecule has 0 aromatic heterocycles. The van der Waals surface area contributed by atoms with Crippen LogP contribution in [-0.4, -0.2) is 31.4 Å². The molecule has 1 aromatic rings. The van der Waals surface area contributed by atoms with Crippen molar-refractivity contribution >= 4 is 5.91 Å². The van der Waals surface area contributed by atoms with Crippen LogP contribution >= 0.6 is 0 Å². The Morgan fingerprint density at radius 1 is 1.17 bits per heavy atom. The van der Waals surface area contributed by atoms with Crippen molar-refractivity contribution in [1.29, 1.82) is 0 Å². The monoisotopic (exact) mass is 328 g/mol. The van der Waals surface area contributed by atoms with E-state index in [2.05, 4.69) is 15.4 Å². The first-order chi connectivity index (χ1) is 10.9. The molecule has 0 atom stereocenters. The van der Waals surface area contributed by atoms with Crippen molar-refractivity contribution < 1.29 is 22.7 Å². The summed E-state index contributed by atoms with van der Waals surface area (Å²) >= 11 is 0. The van der Waals surface area contributed by atoms with Crippen molar-refractivity contribution in [3.63, 3.8) is 0 Å². The van der Waals surface area contributed by atoms with E-state index < -0.39 is 18.0 Å². The average Bonchev–Trinajstić information content (AvgIpc) is 3.30. The fourth-order valence-electron chi connectivity index (χ4n) is 2.84. The predicted octanol–water partition coefficient (Wildman–Crippen LogP) is 2.94. The summed E-state index contributed by atoms with van der Waals surface area (Å²) in [6.07, 6.45) is -1.36. The smallest absolute Gasteiger partial charge is 0.405 e. The van der Waals surface area contributed by atoms with Gasteiger partial charge in [-0.3, -0.25) is 4.79 Å². The van der Waals surface area contributed by atoms with E-state index in [0.29, 0.717) is 0 Å². The highest BCUT2D eigenvalue weighted by Gasteiger charge is 2.34. The summed E-state index contributed by atoms with van der Waals surface area (Å²) in [5.41, 5.74) is 0.723. The Bertz CT molecular complexity index is 579. The minimum atomic E-state index is -4.82. The maximum absolute atomic E-state index is 12.7. The molecule has 126 valence electrons. The van der Waals surface area contributed by atoms with Gasteiger partial charge in [0.05, 0.1) is 5.56 Å². The number of halogens is 3. The lowest BCUT2D eigenvalue weighted by Crippen LogP contribution is -2.28. The summed E-state index contributed by atoms with van der Waals surface area (Å²) in [4.78, 5) is 12.1. The highest BCUT2D eigenvalue weighted by molar-refractivity contribution is 5.97. The number of rotatable bonds is 4. The number of carbonyl (C=O) groups excluding carboxylic acids is 1. The summed E-state index contributed by atoms with van der Waals surface area (Å²) in [6.45, 7) is 1.67. The van der Waals surface area contributed by atoms with E-state index in [9.17, 15) is 18.0 Å². The lowest BCUT2D eigenvalue weighted by molar-refractivity contribution is -0.274. The molecule has 2 aliphatic rings. The number of ether oxygens (including phenoxy) is 1. The van der Waals surface area contributed by atoms with E-state index in [1.807, 2.05) is 0 Å². The molecule has 1 saturated carbocycles. The molecule has 0 unspecified atom stereocenters. The summed E-state index contributed by atoms with van der Waals surface area (Å²) < 4.78 is 42.1. The second-order valence-electron chi connectivity index (χ2n) is 6.08. The van der Waals surface area contributed by atoms with Gasteiger partial charge in [0.25, 0.3) is 5.91 Å². The van der Waals surface area contributed by atoms with Crippen LogP contribution in [0, 0.1) is 0 Å². The van der Waals surface area contributed by atoms with Gasteiger partial charge < -0.3 is 15.4 Å². The van der Waals surface area contributed by atoms with Gasteiger partial charge in [0.2, 0.25) is 0 Å². The minimum Gasteiger partial charge on any atom is -0.405 e. The Balaban J connectivity index is 1.86. The third kappa shape index (κ3) is 4.37. The fourth-order valence-corrected chi connectivity index (χ4v) is 2.84. The van der Waals surface area contributed by atoms with Gasteiger partial charge in [-0.15, -0.1) is 13.2 Å². The summed E-state index contributed by atoms with van der Waals surface area (Å²) in [6, 6.07) is 4.62. The molecule has 1 saturated heterocycles. The molecule has 7 heteroatoms. The van der Waals surface area contributed by atoms with Crippen LogP contribution in [-0.2, 0) is 0 Å². The SMILES string of the molecule is O=C(NC1CC1)c1ccc(C2CCNCC2)cc1OC(F)(F)F. The van der Waals surface area contributed by atoms with Crippen molar-refractivity contribution in [3.8, 4) is 5.75 Å². The summed E-state index contributed by atoms with van der Waals surface area (Å²) in [5.74, 6) is -0.734. The van der Waals surface area contributed by atoms with E-state index in [-0.39, 0.29) is 17.5 Å². The zero-order valence-electron chi connectivity index (χ0n) is 12.6. The first kappa shape index (κ1) is 16.1. The van der Waals surface area contributed by atoms with Crippen LogP contribution in [0.1, 0.15) is 47.5 Å². The summed E-state index contributed by atoms with van der Waals surface area (Å²) in [7, 11) is 0. The molecule has 1 heterocycles. The molecule has 2 N–H and O–H groups in total. The number of benzene rings is 1. The number of nitrogens with one attached hydrogen (secondary N) is 2. The molecule has 2 fully saturated rings. The Morgan fingerprint density at radius 3 is 2.48 bits per heavy atom. The molecular formula is C16H19F3N2O2. The van der Waals surface area contributed by atoms with Crippen molar-refractivity contribution in [3.05, 3.63) is 29.3 Å². The van der Waals surface area contributed by atoms with Crippen LogP contribution in [0.5, 0.6) is 5.75 Å². The molecular weight excluding hydrogens is 309 g/mol. The molecule has 0 bridgehead atoms. The summed E-state index contributed by atoms with van der Waals surface area (Å²) in [5, 5.41) is 5.92. The quantitative estimate of drug-likeness (QED) is 0.893. The second kappa shape index (κ2) is 6.39.